The second kappa shape index (κ2) is 5.32. The molecule has 3 nitrogen and oxygen atoms in total. The minimum Gasteiger partial charge on any atom is -0.340 e. The van der Waals surface area contributed by atoms with Crippen LogP contribution in [0.1, 0.15) is 36.7 Å². The van der Waals surface area contributed by atoms with Gasteiger partial charge < -0.3 is 10.6 Å². The van der Waals surface area contributed by atoms with Crippen LogP contribution in [0.25, 0.3) is 0 Å². The average Bonchev–Trinajstić information content (AvgIpc) is 2.27. The van der Waals surface area contributed by atoms with E-state index in [9.17, 15) is 4.79 Å². The summed E-state index contributed by atoms with van der Waals surface area (Å²) in [4.78, 5) is 13.6. The summed E-state index contributed by atoms with van der Waals surface area (Å²) in [6.07, 6.45) is 0. The second-order valence-corrected chi connectivity index (χ2v) is 5.34. The van der Waals surface area contributed by atoms with Gasteiger partial charge in [0.05, 0.1) is 0 Å². The Morgan fingerprint density at radius 3 is 2.18 bits per heavy atom. The maximum absolute atomic E-state index is 12.0. The van der Waals surface area contributed by atoms with Gasteiger partial charge in [-0.2, -0.15) is 0 Å². The van der Waals surface area contributed by atoms with Crippen molar-refractivity contribution < 1.29 is 4.79 Å². The number of amides is 1. The van der Waals surface area contributed by atoms with Crippen LogP contribution >= 0.6 is 0 Å². The van der Waals surface area contributed by atoms with Gasteiger partial charge in [-0.1, -0.05) is 32.9 Å². The topological polar surface area (TPSA) is 46.3 Å². The third kappa shape index (κ3) is 3.56. The zero-order valence-electron chi connectivity index (χ0n) is 11.2. The summed E-state index contributed by atoms with van der Waals surface area (Å²) >= 11 is 0. The largest absolute Gasteiger partial charge is 0.340 e. The first-order valence-corrected chi connectivity index (χ1v) is 5.92. The first-order chi connectivity index (χ1) is 7.86. The quantitative estimate of drug-likeness (QED) is 0.869. The monoisotopic (exact) mass is 234 g/mol. The predicted octanol–water partition coefficient (Wildman–Crippen LogP) is 2.01. The Kier molecular flexibility index (Phi) is 4.29. The molecule has 0 fully saturated rings. The molecule has 0 aliphatic heterocycles. The fraction of sp³-hybridized carbons (Fsp3) is 0.500. The summed E-state index contributed by atoms with van der Waals surface area (Å²) in [5, 5.41) is 0. The standard InChI is InChI=1S/C14H22N2O/c1-14(2,3)12-7-5-11(6-8-12)13(17)16(4)10-9-15/h5-8H,9-10,15H2,1-4H3. The summed E-state index contributed by atoms with van der Waals surface area (Å²) < 4.78 is 0. The highest BCUT2D eigenvalue weighted by molar-refractivity contribution is 5.94. The fourth-order valence-corrected chi connectivity index (χ4v) is 1.63. The molecule has 94 valence electrons. The highest BCUT2D eigenvalue weighted by Gasteiger charge is 2.15. The van der Waals surface area contributed by atoms with E-state index in [2.05, 4.69) is 20.8 Å². The van der Waals surface area contributed by atoms with Gasteiger partial charge in [-0.15, -0.1) is 0 Å². The molecule has 17 heavy (non-hydrogen) atoms. The van der Waals surface area contributed by atoms with Crippen LogP contribution in [-0.2, 0) is 5.41 Å². The third-order valence-electron chi connectivity index (χ3n) is 2.81. The van der Waals surface area contributed by atoms with Crippen LogP contribution in [0.3, 0.4) is 0 Å². The number of likely N-dealkylation sites (N-methyl/N-ethyl adjacent to an activating group) is 1. The van der Waals surface area contributed by atoms with Crippen molar-refractivity contribution in [3.8, 4) is 0 Å². The number of hydrogen-bond donors (Lipinski definition) is 1. The predicted molar refractivity (Wildman–Crippen MR) is 71.2 cm³/mol. The molecule has 0 aromatic heterocycles. The van der Waals surface area contributed by atoms with Crippen molar-refractivity contribution in [2.45, 2.75) is 26.2 Å². The van der Waals surface area contributed by atoms with Crippen molar-refractivity contribution in [2.24, 2.45) is 5.73 Å². The van der Waals surface area contributed by atoms with Crippen LogP contribution in [0.15, 0.2) is 24.3 Å². The molecule has 1 aromatic carbocycles. The van der Waals surface area contributed by atoms with Crippen LogP contribution in [0, 0.1) is 0 Å². The Bertz CT molecular complexity index is 376. The zero-order chi connectivity index (χ0) is 13.1. The number of rotatable bonds is 3. The fourth-order valence-electron chi connectivity index (χ4n) is 1.63. The van der Waals surface area contributed by atoms with Gasteiger partial charge in [0.1, 0.15) is 0 Å². The van der Waals surface area contributed by atoms with E-state index in [1.807, 2.05) is 24.3 Å². The Morgan fingerprint density at radius 1 is 1.24 bits per heavy atom. The summed E-state index contributed by atoms with van der Waals surface area (Å²) in [6.45, 7) is 7.54. The average molecular weight is 234 g/mol. The lowest BCUT2D eigenvalue weighted by Gasteiger charge is -2.20. The van der Waals surface area contributed by atoms with Gasteiger partial charge in [-0.3, -0.25) is 4.79 Å². The smallest absolute Gasteiger partial charge is 0.253 e. The van der Waals surface area contributed by atoms with E-state index in [0.717, 1.165) is 0 Å². The molecule has 0 saturated carbocycles. The molecule has 0 aliphatic rings. The number of nitrogens with two attached hydrogens (primary N) is 1. The summed E-state index contributed by atoms with van der Waals surface area (Å²) in [5.41, 5.74) is 7.50. The van der Waals surface area contributed by atoms with Gasteiger partial charge in [-0.05, 0) is 23.1 Å². The summed E-state index contributed by atoms with van der Waals surface area (Å²) in [7, 11) is 1.77. The maximum atomic E-state index is 12.0. The minimum atomic E-state index is 0.0240. The molecule has 0 spiro atoms. The lowest BCUT2D eigenvalue weighted by atomic mass is 9.86. The molecule has 0 heterocycles. The molecule has 3 heteroatoms. The van der Waals surface area contributed by atoms with E-state index in [-0.39, 0.29) is 11.3 Å². The van der Waals surface area contributed by atoms with E-state index in [1.165, 1.54) is 5.56 Å². The lowest BCUT2D eigenvalue weighted by Crippen LogP contribution is -2.31. The SMILES string of the molecule is CN(CCN)C(=O)c1ccc(C(C)(C)C)cc1. The van der Waals surface area contributed by atoms with Crippen molar-refractivity contribution in [1.82, 2.24) is 4.90 Å². The van der Waals surface area contributed by atoms with Gasteiger partial charge in [0.2, 0.25) is 0 Å². The van der Waals surface area contributed by atoms with Gasteiger partial charge in [0.25, 0.3) is 5.91 Å². The van der Waals surface area contributed by atoms with E-state index in [1.54, 1.807) is 11.9 Å². The lowest BCUT2D eigenvalue weighted by molar-refractivity contribution is 0.0799. The van der Waals surface area contributed by atoms with Crippen molar-refractivity contribution in [1.29, 1.82) is 0 Å². The molecule has 1 aromatic rings. The highest BCUT2D eigenvalue weighted by atomic mass is 16.2. The van der Waals surface area contributed by atoms with Crippen molar-refractivity contribution in [3.05, 3.63) is 35.4 Å². The highest BCUT2D eigenvalue weighted by Crippen LogP contribution is 2.22. The zero-order valence-corrected chi connectivity index (χ0v) is 11.2. The molecule has 0 radical (unpaired) electrons. The number of nitrogens with zero attached hydrogens (tertiary/aromatic N) is 1. The van der Waals surface area contributed by atoms with Crippen molar-refractivity contribution in [2.75, 3.05) is 20.1 Å². The molecular formula is C14H22N2O. The van der Waals surface area contributed by atoms with E-state index in [0.29, 0.717) is 18.7 Å². The van der Waals surface area contributed by atoms with Crippen LogP contribution < -0.4 is 5.73 Å². The van der Waals surface area contributed by atoms with Gasteiger partial charge in [0.15, 0.2) is 0 Å². The summed E-state index contributed by atoms with van der Waals surface area (Å²) in [6, 6.07) is 7.80. The van der Waals surface area contributed by atoms with Gasteiger partial charge >= 0.3 is 0 Å². The second-order valence-electron chi connectivity index (χ2n) is 5.34. The molecule has 1 amide bonds. The minimum absolute atomic E-state index is 0.0240. The molecule has 0 saturated heterocycles. The van der Waals surface area contributed by atoms with E-state index < -0.39 is 0 Å². The van der Waals surface area contributed by atoms with Crippen LogP contribution in [0.4, 0.5) is 0 Å². The number of benzene rings is 1. The van der Waals surface area contributed by atoms with E-state index >= 15 is 0 Å². The van der Waals surface area contributed by atoms with Crippen LogP contribution in [-0.4, -0.2) is 30.9 Å². The maximum Gasteiger partial charge on any atom is 0.253 e. The van der Waals surface area contributed by atoms with Gasteiger partial charge in [-0.25, -0.2) is 0 Å². The molecule has 0 aliphatic carbocycles. The van der Waals surface area contributed by atoms with Crippen LogP contribution in [0.5, 0.6) is 0 Å². The van der Waals surface area contributed by atoms with Crippen molar-refractivity contribution in [3.63, 3.8) is 0 Å². The number of carbonyl (C=O) groups is 1. The Labute approximate surface area is 104 Å². The van der Waals surface area contributed by atoms with Gasteiger partial charge in [0, 0.05) is 25.7 Å². The molecule has 0 bridgehead atoms. The van der Waals surface area contributed by atoms with Crippen LogP contribution in [0.2, 0.25) is 0 Å². The molecule has 1 rings (SSSR count). The Balaban J connectivity index is 2.84. The normalized spacial score (nSPS) is 11.4. The Hall–Kier alpha value is -1.35. The van der Waals surface area contributed by atoms with E-state index in [4.69, 9.17) is 5.73 Å². The molecule has 0 atom stereocenters. The molecular weight excluding hydrogens is 212 g/mol. The molecule has 2 N–H and O–H groups in total. The first-order valence-electron chi connectivity index (χ1n) is 5.92. The first kappa shape index (κ1) is 13.7. The number of carbonyl (C=O) groups excluding carboxylic acids is 1. The third-order valence-corrected chi connectivity index (χ3v) is 2.81. The number of hydrogen-bond acceptors (Lipinski definition) is 2. The summed E-state index contributed by atoms with van der Waals surface area (Å²) in [5.74, 6) is 0.0240. The Morgan fingerprint density at radius 2 is 1.76 bits per heavy atom. The van der Waals surface area contributed by atoms with Crippen molar-refractivity contribution >= 4 is 5.91 Å². The molecule has 0 unspecified atom stereocenters.